The molecule has 0 radical (unpaired) electrons. The summed E-state index contributed by atoms with van der Waals surface area (Å²) in [7, 11) is 0. The Morgan fingerprint density at radius 3 is 2.54 bits per heavy atom. The minimum absolute atomic E-state index is 0.186. The number of benzene rings is 2. The Morgan fingerprint density at radius 1 is 1.12 bits per heavy atom. The molecule has 1 heterocycles. The van der Waals surface area contributed by atoms with Crippen LogP contribution in [0.4, 0.5) is 0 Å². The molecule has 134 valence electrons. The predicted octanol–water partition coefficient (Wildman–Crippen LogP) is 3.90. The SMILES string of the molecule is CCCOc1ccc(CNC(=O)c2cc(C)n(-c3ccccc3)n2)cc1. The number of hydrogen-bond donors (Lipinski definition) is 1. The van der Waals surface area contributed by atoms with E-state index in [4.69, 9.17) is 4.74 Å². The first-order valence-electron chi connectivity index (χ1n) is 8.79. The fraction of sp³-hybridized carbons (Fsp3) is 0.238. The van der Waals surface area contributed by atoms with Gasteiger partial charge in [-0.15, -0.1) is 0 Å². The summed E-state index contributed by atoms with van der Waals surface area (Å²) in [6, 6.07) is 19.3. The molecule has 0 unspecified atom stereocenters. The molecule has 0 atom stereocenters. The number of carbonyl (C=O) groups excluding carboxylic acids is 1. The summed E-state index contributed by atoms with van der Waals surface area (Å²) in [6.07, 6.45) is 0.979. The maximum absolute atomic E-state index is 12.4. The van der Waals surface area contributed by atoms with E-state index in [-0.39, 0.29) is 5.91 Å². The molecule has 0 bridgehead atoms. The Bertz CT molecular complexity index is 855. The average molecular weight is 349 g/mol. The Labute approximate surface area is 153 Å². The van der Waals surface area contributed by atoms with Gasteiger partial charge in [0.1, 0.15) is 5.75 Å². The molecule has 0 aliphatic rings. The highest BCUT2D eigenvalue weighted by Crippen LogP contribution is 2.14. The Kier molecular flexibility index (Phi) is 5.69. The largest absolute Gasteiger partial charge is 0.494 e. The van der Waals surface area contributed by atoms with Crippen LogP contribution in [0.3, 0.4) is 0 Å². The second-order valence-electron chi connectivity index (χ2n) is 6.09. The molecule has 0 aliphatic carbocycles. The summed E-state index contributed by atoms with van der Waals surface area (Å²) in [6.45, 7) is 5.17. The highest BCUT2D eigenvalue weighted by Gasteiger charge is 2.13. The molecule has 26 heavy (non-hydrogen) atoms. The van der Waals surface area contributed by atoms with E-state index in [0.717, 1.165) is 29.1 Å². The second-order valence-corrected chi connectivity index (χ2v) is 6.09. The summed E-state index contributed by atoms with van der Waals surface area (Å²) < 4.78 is 7.34. The van der Waals surface area contributed by atoms with Crippen molar-refractivity contribution in [2.45, 2.75) is 26.8 Å². The zero-order valence-corrected chi connectivity index (χ0v) is 15.1. The zero-order valence-electron chi connectivity index (χ0n) is 15.1. The number of aromatic nitrogens is 2. The van der Waals surface area contributed by atoms with Crippen molar-refractivity contribution in [3.05, 3.63) is 77.6 Å². The molecular formula is C21H23N3O2. The van der Waals surface area contributed by atoms with Crippen molar-refractivity contribution in [1.29, 1.82) is 0 Å². The van der Waals surface area contributed by atoms with E-state index in [2.05, 4.69) is 17.3 Å². The summed E-state index contributed by atoms with van der Waals surface area (Å²) in [5, 5.41) is 7.34. The number of rotatable bonds is 7. The molecule has 5 heteroatoms. The van der Waals surface area contributed by atoms with Gasteiger partial charge in [0.15, 0.2) is 5.69 Å². The monoisotopic (exact) mass is 349 g/mol. The maximum atomic E-state index is 12.4. The molecule has 1 aromatic heterocycles. The Hall–Kier alpha value is -3.08. The summed E-state index contributed by atoms with van der Waals surface area (Å²) in [5.41, 5.74) is 3.28. The lowest BCUT2D eigenvalue weighted by atomic mass is 10.2. The molecular weight excluding hydrogens is 326 g/mol. The molecule has 0 spiro atoms. The van der Waals surface area contributed by atoms with E-state index < -0.39 is 0 Å². The van der Waals surface area contributed by atoms with Crippen LogP contribution in [0, 0.1) is 6.92 Å². The second kappa shape index (κ2) is 8.34. The molecule has 1 N–H and O–H groups in total. The van der Waals surface area contributed by atoms with Crippen LogP contribution in [0.5, 0.6) is 5.75 Å². The minimum Gasteiger partial charge on any atom is -0.494 e. The molecule has 0 saturated heterocycles. The molecule has 5 nitrogen and oxygen atoms in total. The van der Waals surface area contributed by atoms with Crippen LogP contribution in [-0.2, 0) is 6.54 Å². The van der Waals surface area contributed by atoms with Crippen molar-refractivity contribution >= 4 is 5.91 Å². The van der Waals surface area contributed by atoms with Gasteiger partial charge in [-0.25, -0.2) is 4.68 Å². The van der Waals surface area contributed by atoms with Crippen LogP contribution in [0.15, 0.2) is 60.7 Å². The smallest absolute Gasteiger partial charge is 0.272 e. The molecule has 0 fully saturated rings. The molecule has 1 amide bonds. The zero-order chi connectivity index (χ0) is 18.4. The fourth-order valence-corrected chi connectivity index (χ4v) is 2.61. The number of para-hydroxylation sites is 1. The van der Waals surface area contributed by atoms with Gasteiger partial charge >= 0.3 is 0 Å². The highest BCUT2D eigenvalue weighted by atomic mass is 16.5. The van der Waals surface area contributed by atoms with Gasteiger partial charge in [0.25, 0.3) is 5.91 Å². The normalized spacial score (nSPS) is 10.5. The van der Waals surface area contributed by atoms with Crippen LogP contribution in [0.2, 0.25) is 0 Å². The van der Waals surface area contributed by atoms with Gasteiger partial charge in [0.2, 0.25) is 0 Å². The van der Waals surface area contributed by atoms with Crippen LogP contribution in [0.25, 0.3) is 5.69 Å². The number of ether oxygens (including phenoxy) is 1. The quantitative estimate of drug-likeness (QED) is 0.704. The lowest BCUT2D eigenvalue weighted by molar-refractivity contribution is 0.0945. The number of amides is 1. The molecule has 0 aliphatic heterocycles. The Balaban J connectivity index is 1.62. The number of nitrogens with zero attached hydrogens (tertiary/aromatic N) is 2. The van der Waals surface area contributed by atoms with Gasteiger partial charge in [0.05, 0.1) is 12.3 Å². The lowest BCUT2D eigenvalue weighted by Crippen LogP contribution is -2.23. The predicted molar refractivity (Wildman–Crippen MR) is 102 cm³/mol. The van der Waals surface area contributed by atoms with Crippen molar-refractivity contribution in [3.8, 4) is 11.4 Å². The van der Waals surface area contributed by atoms with Crippen molar-refractivity contribution in [1.82, 2.24) is 15.1 Å². The van der Waals surface area contributed by atoms with Gasteiger partial charge < -0.3 is 10.1 Å². The molecule has 3 aromatic rings. The van der Waals surface area contributed by atoms with E-state index in [1.807, 2.05) is 61.5 Å². The first-order valence-corrected chi connectivity index (χ1v) is 8.79. The van der Waals surface area contributed by atoms with Gasteiger partial charge in [-0.2, -0.15) is 5.10 Å². The van der Waals surface area contributed by atoms with Crippen molar-refractivity contribution in [2.24, 2.45) is 0 Å². The highest BCUT2D eigenvalue weighted by molar-refractivity contribution is 5.92. The van der Waals surface area contributed by atoms with E-state index in [1.54, 1.807) is 10.7 Å². The molecule has 0 saturated carbocycles. The van der Waals surface area contributed by atoms with E-state index >= 15 is 0 Å². The summed E-state index contributed by atoms with van der Waals surface area (Å²) in [4.78, 5) is 12.4. The van der Waals surface area contributed by atoms with Crippen LogP contribution >= 0.6 is 0 Å². The summed E-state index contributed by atoms with van der Waals surface area (Å²) in [5.74, 6) is 0.660. The Morgan fingerprint density at radius 2 is 1.85 bits per heavy atom. The fourth-order valence-electron chi connectivity index (χ4n) is 2.61. The number of aryl methyl sites for hydroxylation is 1. The topological polar surface area (TPSA) is 56.1 Å². The van der Waals surface area contributed by atoms with Crippen LogP contribution in [-0.4, -0.2) is 22.3 Å². The third kappa shape index (κ3) is 4.30. The third-order valence-electron chi connectivity index (χ3n) is 3.97. The number of nitrogens with one attached hydrogen (secondary N) is 1. The van der Waals surface area contributed by atoms with Gasteiger partial charge in [-0.1, -0.05) is 37.3 Å². The third-order valence-corrected chi connectivity index (χ3v) is 3.97. The average Bonchev–Trinajstić information content (AvgIpc) is 3.08. The van der Waals surface area contributed by atoms with Crippen LogP contribution in [0.1, 0.15) is 35.1 Å². The van der Waals surface area contributed by atoms with Crippen molar-refractivity contribution in [2.75, 3.05) is 6.61 Å². The molecule has 2 aromatic carbocycles. The van der Waals surface area contributed by atoms with Gasteiger partial charge in [0, 0.05) is 12.2 Å². The van der Waals surface area contributed by atoms with E-state index in [9.17, 15) is 4.79 Å². The number of hydrogen-bond acceptors (Lipinski definition) is 3. The van der Waals surface area contributed by atoms with E-state index in [1.165, 1.54) is 0 Å². The van der Waals surface area contributed by atoms with Gasteiger partial charge in [-0.05, 0) is 49.2 Å². The van der Waals surface area contributed by atoms with Crippen molar-refractivity contribution in [3.63, 3.8) is 0 Å². The number of carbonyl (C=O) groups is 1. The maximum Gasteiger partial charge on any atom is 0.272 e. The lowest BCUT2D eigenvalue weighted by Gasteiger charge is -2.07. The summed E-state index contributed by atoms with van der Waals surface area (Å²) >= 11 is 0. The first kappa shape index (κ1) is 17.7. The van der Waals surface area contributed by atoms with Gasteiger partial charge in [-0.3, -0.25) is 4.79 Å². The van der Waals surface area contributed by atoms with E-state index in [0.29, 0.717) is 18.8 Å². The molecule has 3 rings (SSSR count). The standard InChI is InChI=1S/C21H23N3O2/c1-3-13-26-19-11-9-17(10-12-19)15-22-21(25)20-14-16(2)24(23-20)18-7-5-4-6-8-18/h4-12,14H,3,13,15H2,1-2H3,(H,22,25). The first-order chi connectivity index (χ1) is 12.7. The van der Waals surface area contributed by atoms with Crippen LogP contribution < -0.4 is 10.1 Å². The van der Waals surface area contributed by atoms with Crippen molar-refractivity contribution < 1.29 is 9.53 Å². The minimum atomic E-state index is -0.186.